The van der Waals surface area contributed by atoms with Crippen molar-refractivity contribution in [2.24, 2.45) is 0 Å². The van der Waals surface area contributed by atoms with Gasteiger partial charge in [-0.3, -0.25) is 0 Å². The summed E-state index contributed by atoms with van der Waals surface area (Å²) in [5.74, 6) is -0.480. The van der Waals surface area contributed by atoms with Crippen molar-refractivity contribution in [1.29, 1.82) is 0 Å². The van der Waals surface area contributed by atoms with Gasteiger partial charge in [0.25, 0.3) is 6.23 Å². The van der Waals surface area contributed by atoms with Gasteiger partial charge in [0.1, 0.15) is 17.8 Å². The maximum absolute atomic E-state index is 11.9. The Balaban J connectivity index is 0.000000447. The number of nitrogens with zero attached hydrogens (tertiary/aromatic N) is 1. The van der Waals surface area contributed by atoms with Crippen molar-refractivity contribution in [1.82, 2.24) is 0 Å². The summed E-state index contributed by atoms with van der Waals surface area (Å²) >= 11 is 0. The summed E-state index contributed by atoms with van der Waals surface area (Å²) in [6.45, 7) is 3.10. The molecule has 1 aliphatic rings. The SMILES string of the molecule is CC(C)OC(=O)c1ccc[n+]([C@@H]2O[C@H](CO)[C@@H](O)[C@H]2O)c1.O=S(=O)([O-])C(F)(F)F. The van der Waals surface area contributed by atoms with Gasteiger partial charge in [-0.2, -0.15) is 17.7 Å². The molecule has 0 bridgehead atoms. The quantitative estimate of drug-likeness (QED) is 0.233. The number of pyridine rings is 1. The number of hydrogen-bond donors (Lipinski definition) is 3. The highest BCUT2D eigenvalue weighted by Crippen LogP contribution is 2.25. The largest absolute Gasteiger partial charge is 0.741 e. The van der Waals surface area contributed by atoms with Gasteiger partial charge in [0.05, 0.1) is 12.7 Å². The van der Waals surface area contributed by atoms with Gasteiger partial charge in [0.2, 0.25) is 0 Å². The summed E-state index contributed by atoms with van der Waals surface area (Å²) in [6.07, 6.45) is -1.26. The van der Waals surface area contributed by atoms with E-state index >= 15 is 0 Å². The maximum atomic E-state index is 11.9. The number of ether oxygens (including phenoxy) is 2. The molecule has 0 aliphatic carbocycles. The molecule has 0 radical (unpaired) electrons. The molecule has 0 unspecified atom stereocenters. The topological polar surface area (TPSA) is 157 Å². The van der Waals surface area contributed by atoms with E-state index in [0.29, 0.717) is 5.56 Å². The standard InChI is InChI=1S/C14H20NO6.CHF3O3S/c1-8(2)20-14(19)9-4-3-5-15(6-9)13-12(18)11(17)10(7-16)21-13;2-1(3,4)8(5,6)7/h3-6,8,10-13,16-18H,7H2,1-2H3;(H,5,6,7)/q+1;/p-1/t10-,11-,12-,13-;/m1./s1. The number of esters is 1. The first-order valence-electron chi connectivity index (χ1n) is 8.05. The zero-order valence-electron chi connectivity index (χ0n) is 15.2. The van der Waals surface area contributed by atoms with Crippen molar-refractivity contribution < 1.29 is 60.3 Å². The van der Waals surface area contributed by atoms with E-state index in [2.05, 4.69) is 0 Å². The molecule has 10 nitrogen and oxygen atoms in total. The normalized spacial score (nSPS) is 24.8. The molecule has 1 aliphatic heterocycles. The molecule has 1 fully saturated rings. The average Bonchev–Trinajstić information content (AvgIpc) is 2.88. The third kappa shape index (κ3) is 6.87. The van der Waals surface area contributed by atoms with Gasteiger partial charge in [0.15, 0.2) is 28.6 Å². The third-order valence-electron chi connectivity index (χ3n) is 3.50. The highest BCUT2D eigenvalue weighted by atomic mass is 32.2. The Morgan fingerprint density at radius 1 is 1.34 bits per heavy atom. The minimum Gasteiger partial charge on any atom is -0.741 e. The summed E-state index contributed by atoms with van der Waals surface area (Å²) in [7, 11) is -6.09. The minimum atomic E-state index is -6.09. The number of halogens is 3. The van der Waals surface area contributed by atoms with Gasteiger partial charge in [-0.25, -0.2) is 13.2 Å². The van der Waals surface area contributed by atoms with Gasteiger partial charge in [-0.05, 0) is 19.9 Å². The van der Waals surface area contributed by atoms with Crippen molar-refractivity contribution in [2.45, 2.75) is 50.0 Å². The molecule has 14 heteroatoms. The number of aliphatic hydroxyl groups is 3. The monoisotopic (exact) mass is 447 g/mol. The number of hydrogen-bond acceptors (Lipinski definition) is 9. The minimum absolute atomic E-state index is 0.236. The Bertz CT molecular complexity index is 800. The maximum Gasteiger partial charge on any atom is 0.485 e. The lowest BCUT2D eigenvalue weighted by Gasteiger charge is -2.11. The van der Waals surface area contributed by atoms with E-state index in [1.165, 1.54) is 10.8 Å². The van der Waals surface area contributed by atoms with Crippen molar-refractivity contribution in [3.8, 4) is 0 Å². The molecule has 166 valence electrons. The summed E-state index contributed by atoms with van der Waals surface area (Å²) in [4.78, 5) is 11.9. The fraction of sp³-hybridized carbons (Fsp3) is 0.600. The fourth-order valence-corrected chi connectivity index (χ4v) is 2.18. The molecular weight excluding hydrogens is 427 g/mol. The lowest BCUT2D eigenvalue weighted by Crippen LogP contribution is -2.46. The first kappa shape index (κ1) is 25.2. The second-order valence-electron chi connectivity index (χ2n) is 6.12. The molecule has 0 aromatic carbocycles. The van der Waals surface area contributed by atoms with Crippen LogP contribution in [-0.2, 0) is 19.6 Å². The molecule has 0 amide bonds. The van der Waals surface area contributed by atoms with E-state index < -0.39 is 52.7 Å². The van der Waals surface area contributed by atoms with Crippen molar-refractivity contribution in [3.63, 3.8) is 0 Å². The number of aliphatic hydroxyl groups excluding tert-OH is 3. The van der Waals surface area contributed by atoms with Crippen LogP contribution < -0.4 is 4.57 Å². The molecule has 29 heavy (non-hydrogen) atoms. The van der Waals surface area contributed by atoms with Crippen LogP contribution in [0.5, 0.6) is 0 Å². The van der Waals surface area contributed by atoms with E-state index in [-0.39, 0.29) is 6.10 Å². The van der Waals surface area contributed by atoms with E-state index in [0.717, 1.165) is 0 Å². The number of carbonyl (C=O) groups is 1. The smallest absolute Gasteiger partial charge is 0.485 e. The molecule has 0 spiro atoms. The molecule has 0 saturated carbocycles. The fourth-order valence-electron chi connectivity index (χ4n) is 2.18. The first-order chi connectivity index (χ1) is 13.2. The molecule has 2 rings (SSSR count). The number of aromatic nitrogens is 1. The van der Waals surface area contributed by atoms with Gasteiger partial charge in [-0.15, -0.1) is 0 Å². The zero-order valence-corrected chi connectivity index (χ0v) is 16.0. The zero-order chi connectivity index (χ0) is 22.6. The Labute approximate surface area is 163 Å². The summed E-state index contributed by atoms with van der Waals surface area (Å²) in [5.41, 5.74) is -5.34. The van der Waals surface area contributed by atoms with Crippen LogP contribution in [-0.4, -0.2) is 70.8 Å². The second-order valence-corrected chi connectivity index (χ2v) is 7.49. The molecule has 4 atom stereocenters. The van der Waals surface area contributed by atoms with Gasteiger partial charge in [0, 0.05) is 6.07 Å². The predicted octanol–water partition coefficient (Wildman–Crippen LogP) is -0.798. The first-order valence-corrected chi connectivity index (χ1v) is 9.46. The van der Waals surface area contributed by atoms with E-state index in [1.54, 1.807) is 32.2 Å². The number of alkyl halides is 3. The Hall–Kier alpha value is -1.84. The van der Waals surface area contributed by atoms with Crippen LogP contribution in [0, 0.1) is 0 Å². The van der Waals surface area contributed by atoms with Gasteiger partial charge in [-0.1, -0.05) is 0 Å². The molecule has 3 N–H and O–H groups in total. The molecule has 1 aromatic heterocycles. The van der Waals surface area contributed by atoms with Gasteiger partial charge >= 0.3 is 11.5 Å². The van der Waals surface area contributed by atoms with Crippen molar-refractivity contribution in [2.75, 3.05) is 6.61 Å². The van der Waals surface area contributed by atoms with E-state index in [4.69, 9.17) is 27.6 Å². The van der Waals surface area contributed by atoms with Crippen LogP contribution in [0.15, 0.2) is 24.5 Å². The van der Waals surface area contributed by atoms with E-state index in [9.17, 15) is 28.2 Å². The third-order valence-corrected chi connectivity index (χ3v) is 4.06. The lowest BCUT2D eigenvalue weighted by atomic mass is 10.1. The lowest BCUT2D eigenvalue weighted by molar-refractivity contribution is -0.765. The highest BCUT2D eigenvalue weighted by Gasteiger charge is 2.48. The average molecular weight is 447 g/mol. The number of carbonyl (C=O) groups excluding carboxylic acids is 1. The Morgan fingerprint density at radius 2 is 1.90 bits per heavy atom. The van der Waals surface area contributed by atoms with Crippen LogP contribution in [0.2, 0.25) is 0 Å². The van der Waals surface area contributed by atoms with Crippen LogP contribution in [0.1, 0.15) is 30.4 Å². The summed E-state index contributed by atoms with van der Waals surface area (Å²) < 4.78 is 70.9. The predicted molar refractivity (Wildman–Crippen MR) is 86.0 cm³/mol. The van der Waals surface area contributed by atoms with Crippen LogP contribution in [0.25, 0.3) is 0 Å². The van der Waals surface area contributed by atoms with Crippen LogP contribution >= 0.6 is 0 Å². The molecule has 2 heterocycles. The summed E-state index contributed by atoms with van der Waals surface area (Å²) in [5, 5.41) is 28.8. The Kier molecular flexibility index (Phi) is 8.49. The van der Waals surface area contributed by atoms with Crippen LogP contribution in [0.4, 0.5) is 13.2 Å². The second kappa shape index (κ2) is 9.77. The van der Waals surface area contributed by atoms with Gasteiger partial charge < -0.3 is 29.3 Å². The molecule has 1 saturated heterocycles. The molecule has 1 aromatic rings. The van der Waals surface area contributed by atoms with Crippen LogP contribution in [0.3, 0.4) is 0 Å². The van der Waals surface area contributed by atoms with E-state index in [1.807, 2.05) is 0 Å². The van der Waals surface area contributed by atoms with Crippen molar-refractivity contribution >= 4 is 16.1 Å². The number of rotatable bonds is 4. The Morgan fingerprint density at radius 3 is 2.31 bits per heavy atom. The summed E-state index contributed by atoms with van der Waals surface area (Å²) in [6, 6.07) is 3.20. The highest BCUT2D eigenvalue weighted by molar-refractivity contribution is 7.86. The van der Waals surface area contributed by atoms with Crippen molar-refractivity contribution in [3.05, 3.63) is 30.1 Å². The molecular formula is C15H20F3NO9S.